The smallest absolute Gasteiger partial charge is 0.442 e. The van der Waals surface area contributed by atoms with Gasteiger partial charge in [-0.2, -0.15) is 13.2 Å². The van der Waals surface area contributed by atoms with Gasteiger partial charge >= 0.3 is 17.8 Å². The van der Waals surface area contributed by atoms with Crippen LogP contribution in [0.4, 0.5) is 13.2 Å². The third-order valence-electron chi connectivity index (χ3n) is 3.87. The lowest BCUT2D eigenvalue weighted by Crippen LogP contribution is -2.60. The summed E-state index contributed by atoms with van der Waals surface area (Å²) < 4.78 is 39.0. The summed E-state index contributed by atoms with van der Waals surface area (Å²) in [5.41, 5.74) is -2.69. The molecule has 3 rings (SSSR count). The van der Waals surface area contributed by atoms with E-state index in [1.165, 1.54) is 18.2 Å². The number of likely N-dealkylation sites (tertiary alicyclic amines) is 1. The van der Waals surface area contributed by atoms with Crippen LogP contribution in [0.2, 0.25) is 0 Å². The van der Waals surface area contributed by atoms with E-state index in [-0.39, 0.29) is 23.7 Å². The van der Waals surface area contributed by atoms with Crippen molar-refractivity contribution < 1.29 is 27.9 Å². The molecule has 0 radical (unpaired) electrons. The van der Waals surface area contributed by atoms with Crippen LogP contribution in [0.3, 0.4) is 0 Å². The predicted octanol–water partition coefficient (Wildman–Crippen LogP) is 1.37. The number of carbonyl (C=O) groups is 2. The lowest BCUT2D eigenvalue weighted by Gasteiger charge is -2.38. The van der Waals surface area contributed by atoms with Gasteiger partial charge in [-0.1, -0.05) is 12.1 Å². The number of alkyl halides is 3. The number of carbonyl (C=O) groups excluding carboxylic acids is 1. The Labute approximate surface area is 134 Å². The first-order valence-corrected chi connectivity index (χ1v) is 7.07. The van der Waals surface area contributed by atoms with Gasteiger partial charge in [0.25, 0.3) is 5.91 Å². The van der Waals surface area contributed by atoms with E-state index in [1.807, 2.05) is 0 Å². The number of hydrogen-bond donors (Lipinski definition) is 2. The van der Waals surface area contributed by atoms with Gasteiger partial charge in [0.2, 0.25) is 0 Å². The Morgan fingerprint density at radius 3 is 2.54 bits per heavy atom. The van der Waals surface area contributed by atoms with Gasteiger partial charge in [-0.05, 0) is 12.1 Å². The average molecular weight is 342 g/mol. The molecule has 1 fully saturated rings. The molecule has 24 heavy (non-hydrogen) atoms. The highest BCUT2D eigenvalue weighted by Crippen LogP contribution is 2.52. The van der Waals surface area contributed by atoms with E-state index in [0.29, 0.717) is 13.1 Å². The molecule has 1 aromatic rings. The zero-order valence-electron chi connectivity index (χ0n) is 12.2. The van der Waals surface area contributed by atoms with E-state index in [4.69, 9.17) is 5.11 Å². The Morgan fingerprint density at radius 2 is 2.00 bits per heavy atom. The first-order valence-electron chi connectivity index (χ1n) is 7.07. The zero-order valence-corrected chi connectivity index (χ0v) is 12.2. The van der Waals surface area contributed by atoms with Crippen molar-refractivity contribution in [2.75, 3.05) is 19.6 Å². The maximum atomic E-state index is 13.0. The fraction of sp³-hybridized carbons (Fsp3) is 0.429. The van der Waals surface area contributed by atoms with E-state index in [0.717, 1.165) is 6.07 Å². The van der Waals surface area contributed by atoms with Crippen LogP contribution in [0.5, 0.6) is 0 Å². The van der Waals surface area contributed by atoms with Crippen LogP contribution >= 0.6 is 0 Å². The molecule has 0 saturated carbocycles. The maximum absolute atomic E-state index is 13.0. The van der Waals surface area contributed by atoms with Crippen LogP contribution in [0.15, 0.2) is 34.5 Å². The van der Waals surface area contributed by atoms with Crippen molar-refractivity contribution in [3.05, 3.63) is 35.4 Å². The number of amides is 1. The van der Waals surface area contributed by atoms with Gasteiger partial charge in [0, 0.05) is 24.2 Å². The summed E-state index contributed by atoms with van der Waals surface area (Å²) in [4.78, 5) is 24.3. The van der Waals surface area contributed by atoms with Crippen LogP contribution in [-0.4, -0.2) is 53.7 Å². The van der Waals surface area contributed by atoms with Gasteiger partial charge in [-0.15, -0.1) is 10.2 Å². The molecule has 0 aromatic heterocycles. The number of carboxylic acid groups (broad SMARTS) is 1. The lowest BCUT2D eigenvalue weighted by atomic mass is 10.00. The molecule has 10 heteroatoms. The van der Waals surface area contributed by atoms with Gasteiger partial charge in [0.1, 0.15) is 0 Å². The number of rotatable bonds is 5. The van der Waals surface area contributed by atoms with E-state index in [1.54, 1.807) is 4.90 Å². The largest absolute Gasteiger partial charge is 0.480 e. The van der Waals surface area contributed by atoms with Crippen LogP contribution < -0.4 is 5.32 Å². The lowest BCUT2D eigenvalue weighted by molar-refractivity contribution is -0.166. The second-order valence-corrected chi connectivity index (χ2v) is 5.71. The van der Waals surface area contributed by atoms with E-state index < -0.39 is 23.7 Å². The Bertz CT molecular complexity index is 707. The minimum absolute atomic E-state index is 0.0742. The van der Waals surface area contributed by atoms with E-state index in [9.17, 15) is 22.8 Å². The molecule has 2 N–H and O–H groups in total. The second-order valence-electron chi connectivity index (χ2n) is 5.71. The molecule has 1 aromatic carbocycles. The number of carboxylic acids is 1. The zero-order chi connectivity index (χ0) is 17.5. The van der Waals surface area contributed by atoms with Gasteiger partial charge in [-0.25, -0.2) is 0 Å². The number of hydrogen-bond acceptors (Lipinski definition) is 5. The third-order valence-corrected chi connectivity index (χ3v) is 3.87. The highest BCUT2D eigenvalue weighted by atomic mass is 19.4. The molecular weight excluding hydrogens is 329 g/mol. The summed E-state index contributed by atoms with van der Waals surface area (Å²) in [7, 11) is 0. The van der Waals surface area contributed by atoms with Gasteiger partial charge in [0.05, 0.1) is 12.6 Å². The highest BCUT2D eigenvalue weighted by Gasteiger charge is 2.65. The molecule has 0 bridgehead atoms. The number of benzene rings is 1. The average Bonchev–Trinajstić information content (AvgIpc) is 3.25. The maximum Gasteiger partial charge on any atom is 0.442 e. The summed E-state index contributed by atoms with van der Waals surface area (Å²) in [6, 6.07) is 4.86. The Balaban J connectivity index is 1.63. The van der Waals surface area contributed by atoms with Crippen molar-refractivity contribution in [1.82, 2.24) is 10.2 Å². The molecule has 2 aliphatic heterocycles. The molecular formula is C14H13F3N4O3. The number of nitrogens with one attached hydrogen (secondary N) is 1. The quantitative estimate of drug-likeness (QED) is 0.845. The van der Waals surface area contributed by atoms with Crippen molar-refractivity contribution in [3.8, 4) is 0 Å². The molecule has 1 saturated heterocycles. The monoisotopic (exact) mass is 342 g/mol. The van der Waals surface area contributed by atoms with Crippen molar-refractivity contribution in [1.29, 1.82) is 0 Å². The van der Waals surface area contributed by atoms with E-state index >= 15 is 0 Å². The highest BCUT2D eigenvalue weighted by molar-refractivity contribution is 5.94. The summed E-state index contributed by atoms with van der Waals surface area (Å²) >= 11 is 0. The topological polar surface area (TPSA) is 94.4 Å². The summed E-state index contributed by atoms with van der Waals surface area (Å²) in [5, 5.41) is 17.5. The molecule has 0 aliphatic carbocycles. The first-order chi connectivity index (χ1) is 11.2. The third kappa shape index (κ3) is 2.96. The molecule has 2 heterocycles. The molecule has 2 aliphatic rings. The molecule has 7 nitrogen and oxygen atoms in total. The molecule has 0 unspecified atom stereocenters. The summed E-state index contributed by atoms with van der Waals surface area (Å²) in [6.07, 6.45) is -4.65. The van der Waals surface area contributed by atoms with Gasteiger partial charge in [-0.3, -0.25) is 14.5 Å². The SMILES string of the molecule is O=C(O)CN1CC(NC(=O)c2cccc(C3(C(F)(F)F)N=N3)c2)C1. The van der Waals surface area contributed by atoms with Crippen molar-refractivity contribution in [3.63, 3.8) is 0 Å². The standard InChI is InChI=1S/C14H13F3N4O3/c15-14(16,17)13(19-20-13)9-3-1-2-8(4-9)12(24)18-10-5-21(6-10)7-11(22)23/h1-4,10H,5-7H2,(H,18,24)(H,22,23). The van der Waals surface area contributed by atoms with E-state index in [2.05, 4.69) is 15.5 Å². The molecule has 128 valence electrons. The van der Waals surface area contributed by atoms with Crippen LogP contribution in [-0.2, 0) is 10.5 Å². The minimum atomic E-state index is -4.65. The molecule has 0 spiro atoms. The van der Waals surface area contributed by atoms with Crippen molar-refractivity contribution in [2.24, 2.45) is 10.2 Å². The molecule has 1 amide bonds. The minimum Gasteiger partial charge on any atom is -0.480 e. The van der Waals surface area contributed by atoms with Crippen LogP contribution in [0.1, 0.15) is 15.9 Å². The normalized spacial score (nSPS) is 19.6. The Morgan fingerprint density at radius 1 is 1.33 bits per heavy atom. The summed E-state index contributed by atoms with van der Waals surface area (Å²) in [6.45, 7) is 0.655. The fourth-order valence-corrected chi connectivity index (χ4v) is 2.57. The number of halogens is 3. The van der Waals surface area contributed by atoms with Gasteiger partial charge in [0.15, 0.2) is 0 Å². The Kier molecular flexibility index (Phi) is 3.78. The number of nitrogens with zero attached hydrogens (tertiary/aromatic N) is 3. The summed E-state index contributed by atoms with van der Waals surface area (Å²) in [5.74, 6) is -1.48. The fourth-order valence-electron chi connectivity index (χ4n) is 2.57. The Hall–Kier alpha value is -2.49. The molecule has 0 atom stereocenters. The number of aliphatic carboxylic acids is 1. The second kappa shape index (κ2) is 5.55. The van der Waals surface area contributed by atoms with Crippen LogP contribution in [0, 0.1) is 0 Å². The predicted molar refractivity (Wildman–Crippen MR) is 74.4 cm³/mol. The van der Waals surface area contributed by atoms with Crippen molar-refractivity contribution in [2.45, 2.75) is 17.9 Å². The van der Waals surface area contributed by atoms with Crippen molar-refractivity contribution >= 4 is 11.9 Å². The van der Waals surface area contributed by atoms with Crippen LogP contribution in [0.25, 0.3) is 0 Å². The van der Waals surface area contributed by atoms with Gasteiger partial charge < -0.3 is 10.4 Å². The first kappa shape index (κ1) is 16.4.